The van der Waals surface area contributed by atoms with Gasteiger partial charge in [0, 0.05) is 18.6 Å². The molecule has 1 N–H and O–H groups in total. The van der Waals surface area contributed by atoms with Gasteiger partial charge in [-0.1, -0.05) is 12.1 Å². The number of aliphatic hydroxyl groups is 1. The van der Waals surface area contributed by atoms with Crippen LogP contribution in [0.25, 0.3) is 0 Å². The number of benzene rings is 1. The summed E-state index contributed by atoms with van der Waals surface area (Å²) in [6, 6.07) is 4.81. The minimum Gasteiger partial charge on any atom is -0.386 e. The molecule has 1 atom stereocenters. The van der Waals surface area contributed by atoms with Crippen LogP contribution in [0.2, 0.25) is 0 Å². The van der Waals surface area contributed by atoms with Crippen molar-refractivity contribution in [2.75, 3.05) is 26.3 Å². The summed E-state index contributed by atoms with van der Waals surface area (Å²) in [5.74, 6) is -0.236. The van der Waals surface area contributed by atoms with Crippen molar-refractivity contribution in [3.05, 3.63) is 35.1 Å². The first-order valence-corrected chi connectivity index (χ1v) is 6.70. The summed E-state index contributed by atoms with van der Waals surface area (Å²) in [5, 5.41) is 10.6. The molecule has 0 amide bonds. The van der Waals surface area contributed by atoms with Crippen LogP contribution in [0.4, 0.5) is 4.39 Å². The molecule has 1 aliphatic rings. The molecule has 0 aromatic heterocycles. The molecule has 4 heteroatoms. The zero-order chi connectivity index (χ0) is 14.0. The van der Waals surface area contributed by atoms with Crippen molar-refractivity contribution in [3.8, 4) is 0 Å². The molecule has 106 valence electrons. The van der Waals surface area contributed by atoms with Crippen molar-refractivity contribution in [2.45, 2.75) is 32.4 Å². The molecule has 0 radical (unpaired) electrons. The minimum atomic E-state index is -0.648. The van der Waals surface area contributed by atoms with Gasteiger partial charge in [-0.3, -0.25) is 4.90 Å². The number of aliphatic hydroxyl groups excluding tert-OH is 1. The van der Waals surface area contributed by atoms with Gasteiger partial charge in [0.1, 0.15) is 5.82 Å². The van der Waals surface area contributed by atoms with E-state index in [0.29, 0.717) is 18.8 Å². The lowest BCUT2D eigenvalue weighted by Gasteiger charge is -2.43. The van der Waals surface area contributed by atoms with Gasteiger partial charge in [0.05, 0.1) is 19.3 Å². The van der Waals surface area contributed by atoms with Crippen molar-refractivity contribution in [1.82, 2.24) is 4.90 Å². The number of rotatable bonds is 3. The number of ether oxygens (including phenoxy) is 1. The summed E-state index contributed by atoms with van der Waals surface area (Å²) < 4.78 is 18.6. The van der Waals surface area contributed by atoms with Gasteiger partial charge in [0.25, 0.3) is 0 Å². The smallest absolute Gasteiger partial charge is 0.126 e. The molecule has 0 bridgehead atoms. The van der Waals surface area contributed by atoms with E-state index in [0.717, 1.165) is 18.7 Å². The van der Waals surface area contributed by atoms with Crippen LogP contribution in [-0.4, -0.2) is 41.8 Å². The van der Waals surface area contributed by atoms with E-state index < -0.39 is 11.6 Å². The SMILES string of the molecule is Cc1cc(C(O)C(C)(C)N2CCOCC2)ccc1F. The fourth-order valence-electron chi connectivity index (χ4n) is 2.56. The van der Waals surface area contributed by atoms with E-state index in [9.17, 15) is 9.50 Å². The third kappa shape index (κ3) is 2.96. The number of hydrogen-bond acceptors (Lipinski definition) is 3. The van der Waals surface area contributed by atoms with E-state index in [2.05, 4.69) is 4.90 Å². The van der Waals surface area contributed by atoms with Crippen molar-refractivity contribution in [2.24, 2.45) is 0 Å². The molecule has 0 saturated carbocycles. The molecular weight excluding hydrogens is 245 g/mol. The van der Waals surface area contributed by atoms with Crippen LogP contribution in [0.15, 0.2) is 18.2 Å². The fraction of sp³-hybridized carbons (Fsp3) is 0.600. The molecule has 0 aliphatic carbocycles. The highest BCUT2D eigenvalue weighted by molar-refractivity contribution is 5.27. The predicted molar refractivity (Wildman–Crippen MR) is 72.6 cm³/mol. The molecule has 19 heavy (non-hydrogen) atoms. The first-order valence-electron chi connectivity index (χ1n) is 6.70. The van der Waals surface area contributed by atoms with Gasteiger partial charge in [-0.15, -0.1) is 0 Å². The zero-order valence-electron chi connectivity index (χ0n) is 11.8. The van der Waals surface area contributed by atoms with Crippen LogP contribution < -0.4 is 0 Å². The van der Waals surface area contributed by atoms with Gasteiger partial charge in [0.2, 0.25) is 0 Å². The van der Waals surface area contributed by atoms with Gasteiger partial charge < -0.3 is 9.84 Å². The molecule has 0 spiro atoms. The average Bonchev–Trinajstić information content (AvgIpc) is 2.42. The molecule has 1 saturated heterocycles. The lowest BCUT2D eigenvalue weighted by atomic mass is 9.88. The molecule has 2 rings (SSSR count). The van der Waals surface area contributed by atoms with E-state index in [1.807, 2.05) is 13.8 Å². The van der Waals surface area contributed by atoms with Crippen LogP contribution in [0.5, 0.6) is 0 Å². The number of halogens is 1. The Hall–Kier alpha value is -0.970. The van der Waals surface area contributed by atoms with E-state index in [1.165, 1.54) is 6.07 Å². The van der Waals surface area contributed by atoms with Crippen molar-refractivity contribution in [3.63, 3.8) is 0 Å². The van der Waals surface area contributed by atoms with Crippen molar-refractivity contribution >= 4 is 0 Å². The summed E-state index contributed by atoms with van der Waals surface area (Å²) in [6.45, 7) is 8.75. The third-order valence-corrected chi connectivity index (χ3v) is 3.99. The topological polar surface area (TPSA) is 32.7 Å². The van der Waals surface area contributed by atoms with Crippen molar-refractivity contribution < 1.29 is 14.2 Å². The summed E-state index contributed by atoms with van der Waals surface area (Å²) in [6.07, 6.45) is -0.648. The van der Waals surface area contributed by atoms with Crippen LogP contribution >= 0.6 is 0 Å². The lowest BCUT2D eigenvalue weighted by Crippen LogP contribution is -2.53. The molecule has 1 aromatic rings. The highest BCUT2D eigenvalue weighted by Crippen LogP contribution is 2.32. The maximum absolute atomic E-state index is 13.3. The third-order valence-electron chi connectivity index (χ3n) is 3.99. The van der Waals surface area contributed by atoms with E-state index in [-0.39, 0.29) is 5.82 Å². The molecule has 1 unspecified atom stereocenters. The number of hydrogen-bond donors (Lipinski definition) is 1. The Morgan fingerprint density at radius 2 is 1.95 bits per heavy atom. The Labute approximate surface area is 114 Å². The van der Waals surface area contributed by atoms with Gasteiger partial charge in [-0.25, -0.2) is 4.39 Å². The highest BCUT2D eigenvalue weighted by Gasteiger charge is 2.36. The maximum atomic E-state index is 13.3. The predicted octanol–water partition coefficient (Wildman–Crippen LogP) is 2.28. The van der Waals surface area contributed by atoms with Crippen molar-refractivity contribution in [1.29, 1.82) is 0 Å². The van der Waals surface area contributed by atoms with Gasteiger partial charge >= 0.3 is 0 Å². The summed E-state index contributed by atoms with van der Waals surface area (Å²) in [5.41, 5.74) is 0.929. The number of aryl methyl sites for hydroxylation is 1. The van der Waals surface area contributed by atoms with E-state index >= 15 is 0 Å². The summed E-state index contributed by atoms with van der Waals surface area (Å²) in [7, 11) is 0. The second kappa shape index (κ2) is 5.57. The fourth-order valence-corrected chi connectivity index (χ4v) is 2.56. The molecule has 1 fully saturated rings. The normalized spacial score (nSPS) is 19.4. The molecular formula is C15H22FNO2. The van der Waals surface area contributed by atoms with Gasteiger partial charge in [-0.05, 0) is 38.0 Å². The summed E-state index contributed by atoms with van der Waals surface area (Å²) in [4.78, 5) is 2.22. The standard InChI is InChI=1S/C15H22FNO2/c1-11-10-12(4-5-13(11)16)14(18)15(2,3)17-6-8-19-9-7-17/h4-5,10,14,18H,6-9H2,1-3H3. The van der Waals surface area contributed by atoms with E-state index in [1.54, 1.807) is 19.1 Å². The second-order valence-electron chi connectivity index (χ2n) is 5.66. The first kappa shape index (κ1) is 14.4. The molecule has 1 aliphatic heterocycles. The Morgan fingerprint density at radius 1 is 1.32 bits per heavy atom. The Kier molecular flexibility index (Phi) is 4.23. The molecule has 3 nitrogen and oxygen atoms in total. The number of nitrogens with zero attached hydrogens (tertiary/aromatic N) is 1. The quantitative estimate of drug-likeness (QED) is 0.912. The Balaban J connectivity index is 2.20. The highest BCUT2D eigenvalue weighted by atomic mass is 19.1. The molecule has 1 heterocycles. The first-order chi connectivity index (χ1) is 8.93. The summed E-state index contributed by atoms with van der Waals surface area (Å²) >= 11 is 0. The Morgan fingerprint density at radius 3 is 2.53 bits per heavy atom. The average molecular weight is 267 g/mol. The second-order valence-corrected chi connectivity index (χ2v) is 5.66. The zero-order valence-corrected chi connectivity index (χ0v) is 11.8. The largest absolute Gasteiger partial charge is 0.386 e. The minimum absolute atomic E-state index is 0.236. The lowest BCUT2D eigenvalue weighted by molar-refractivity contribution is -0.0630. The van der Waals surface area contributed by atoms with Gasteiger partial charge in [0.15, 0.2) is 0 Å². The number of morpholine rings is 1. The Bertz CT molecular complexity index is 442. The van der Waals surface area contributed by atoms with E-state index in [4.69, 9.17) is 4.74 Å². The van der Waals surface area contributed by atoms with Crippen LogP contribution in [0.3, 0.4) is 0 Å². The van der Waals surface area contributed by atoms with Crippen LogP contribution in [-0.2, 0) is 4.74 Å². The van der Waals surface area contributed by atoms with Crippen LogP contribution in [0.1, 0.15) is 31.1 Å². The monoisotopic (exact) mass is 267 g/mol. The van der Waals surface area contributed by atoms with Gasteiger partial charge in [-0.2, -0.15) is 0 Å². The maximum Gasteiger partial charge on any atom is 0.126 e. The molecule has 1 aromatic carbocycles. The van der Waals surface area contributed by atoms with Crippen LogP contribution in [0, 0.1) is 12.7 Å².